The fourth-order valence-corrected chi connectivity index (χ4v) is 8.30. The Kier molecular flexibility index (Phi) is 12.2. The van der Waals surface area contributed by atoms with Gasteiger partial charge in [0.2, 0.25) is 5.91 Å². The van der Waals surface area contributed by atoms with Gasteiger partial charge in [0.05, 0.1) is 17.7 Å². The normalized spacial score (nSPS) is 16.0. The van der Waals surface area contributed by atoms with Crippen LogP contribution in [-0.2, 0) is 40.1 Å². The lowest BCUT2D eigenvalue weighted by atomic mass is 9.91. The van der Waals surface area contributed by atoms with Gasteiger partial charge in [0.1, 0.15) is 23.0 Å². The van der Waals surface area contributed by atoms with Gasteiger partial charge in [0.25, 0.3) is 23.6 Å². The molecule has 5 aromatic carbocycles. The number of amides is 5. The first kappa shape index (κ1) is 41.5. The highest BCUT2D eigenvalue weighted by Gasteiger charge is 2.34. The second kappa shape index (κ2) is 18.2. The smallest absolute Gasteiger partial charge is 0.261 e. The zero-order chi connectivity index (χ0) is 43.3. The summed E-state index contributed by atoms with van der Waals surface area (Å²) in [4.78, 5) is 68.5. The van der Waals surface area contributed by atoms with Crippen LogP contribution in [0.4, 0.5) is 5.69 Å². The van der Waals surface area contributed by atoms with Crippen LogP contribution >= 0.6 is 0 Å². The molecule has 1 aliphatic carbocycles. The lowest BCUT2D eigenvalue weighted by molar-refractivity contribution is -0.123. The number of nitrogens with one attached hydrogen (secondary N) is 3. The largest absolute Gasteiger partial charge is 0.507 e. The predicted octanol–water partition coefficient (Wildman–Crippen LogP) is 4.33. The first-order chi connectivity index (χ1) is 30.1. The van der Waals surface area contributed by atoms with Crippen LogP contribution in [0.3, 0.4) is 0 Å². The van der Waals surface area contributed by atoms with Crippen LogP contribution in [0.1, 0.15) is 72.1 Å². The van der Waals surface area contributed by atoms with Crippen molar-refractivity contribution in [2.24, 2.45) is 0 Å². The van der Waals surface area contributed by atoms with Gasteiger partial charge in [-0.05, 0) is 69.6 Å². The highest BCUT2D eigenvalue weighted by atomic mass is 16.5. The number of rotatable bonds is 4. The molecular weight excluding hydrogens is 791 g/mol. The lowest BCUT2D eigenvalue weighted by Gasteiger charge is -2.23. The Morgan fingerprint density at radius 2 is 1.03 bits per heavy atom. The lowest BCUT2D eigenvalue weighted by Crippen LogP contribution is -2.44. The van der Waals surface area contributed by atoms with Gasteiger partial charge in [0, 0.05) is 64.1 Å². The molecule has 5 aromatic rings. The molecule has 5 amide bonds. The van der Waals surface area contributed by atoms with Crippen molar-refractivity contribution in [1.29, 1.82) is 0 Å². The Bertz CT molecular complexity index is 2380. The van der Waals surface area contributed by atoms with Crippen LogP contribution in [0.15, 0.2) is 91.0 Å². The van der Waals surface area contributed by atoms with Gasteiger partial charge in [-0.1, -0.05) is 72.8 Å². The molecule has 3 aliphatic heterocycles. The fraction of sp³-hybridized carbons (Fsp3) is 0.271. The number of ether oxygens (including phenoxy) is 2. The van der Waals surface area contributed by atoms with Gasteiger partial charge in [-0.3, -0.25) is 33.8 Å². The number of carbonyl (C=O) groups is 5. The number of aromatic hydroxyl groups is 2. The summed E-state index contributed by atoms with van der Waals surface area (Å²) in [5.74, 6) is -0.825. The third kappa shape index (κ3) is 8.96. The summed E-state index contributed by atoms with van der Waals surface area (Å²) < 4.78 is 12.7. The van der Waals surface area contributed by atoms with Crippen LogP contribution in [0.2, 0.25) is 0 Å². The van der Waals surface area contributed by atoms with E-state index in [1.54, 1.807) is 17.9 Å². The highest BCUT2D eigenvalue weighted by Crippen LogP contribution is 2.38. The number of phenolic OH excluding ortho intramolecular Hbond substituents is 2. The second-order valence-corrected chi connectivity index (χ2v) is 15.6. The number of hydrogen-bond acceptors (Lipinski definition) is 10. The molecule has 0 saturated heterocycles. The maximum absolute atomic E-state index is 13.4. The van der Waals surface area contributed by atoms with E-state index in [-0.39, 0.29) is 107 Å². The molecule has 0 unspecified atom stereocenters. The Morgan fingerprint density at radius 1 is 0.613 bits per heavy atom. The Hall–Kier alpha value is -7.19. The van der Waals surface area contributed by atoms with Crippen molar-refractivity contribution >= 4 is 35.2 Å². The number of para-hydroxylation sites is 4. The molecule has 4 aliphatic rings. The van der Waals surface area contributed by atoms with Crippen molar-refractivity contribution in [3.63, 3.8) is 0 Å². The molecule has 5 N–H and O–H groups in total. The molecule has 10 bridgehead atoms. The predicted molar refractivity (Wildman–Crippen MR) is 230 cm³/mol. The summed E-state index contributed by atoms with van der Waals surface area (Å²) in [7, 11) is 0. The molecule has 9 rings (SSSR count). The van der Waals surface area contributed by atoms with Crippen molar-refractivity contribution in [3.05, 3.63) is 147 Å². The van der Waals surface area contributed by atoms with Crippen LogP contribution < -0.4 is 25.4 Å². The van der Waals surface area contributed by atoms with E-state index in [4.69, 9.17) is 9.47 Å². The molecule has 0 radical (unpaired) electrons. The molecule has 318 valence electrons. The van der Waals surface area contributed by atoms with Crippen LogP contribution in [-0.4, -0.2) is 102 Å². The van der Waals surface area contributed by atoms with Crippen LogP contribution in [0.25, 0.3) is 0 Å². The number of benzene rings is 5. The maximum Gasteiger partial charge on any atom is 0.261 e. The summed E-state index contributed by atoms with van der Waals surface area (Å²) in [6.07, 6.45) is 1.14. The third-order valence-corrected chi connectivity index (χ3v) is 11.4. The van der Waals surface area contributed by atoms with E-state index in [1.165, 1.54) is 12.1 Å². The molecule has 0 fully saturated rings. The fourth-order valence-electron chi connectivity index (χ4n) is 8.30. The number of anilines is 1. The number of fused-ring (bicyclic) bond motifs is 13. The van der Waals surface area contributed by atoms with E-state index in [0.717, 1.165) is 27.2 Å². The monoisotopic (exact) mass is 837 g/mol. The minimum absolute atomic E-state index is 0.114. The maximum atomic E-state index is 13.4. The first-order valence-electron chi connectivity index (χ1n) is 20.7. The van der Waals surface area contributed by atoms with Crippen molar-refractivity contribution in [3.8, 4) is 23.0 Å². The molecule has 14 nitrogen and oxygen atoms in total. The van der Waals surface area contributed by atoms with Gasteiger partial charge in [-0.15, -0.1) is 0 Å². The number of hydrogen-bond donors (Lipinski definition) is 5. The van der Waals surface area contributed by atoms with Gasteiger partial charge < -0.3 is 35.6 Å². The van der Waals surface area contributed by atoms with E-state index in [1.807, 2.05) is 72.8 Å². The van der Waals surface area contributed by atoms with Crippen LogP contribution in [0, 0.1) is 0 Å². The number of imide groups is 1. The SMILES string of the molecule is CCN1C(=O)c2ccc(NC(=O)CN3CCNC(=O)COc4c5cccc4Cc4cccc(c4O)Cc4cccc(c4OCC(=O)NCC3)Cc3cccc(c3O)C5)cc2C1=O. The van der Waals surface area contributed by atoms with E-state index in [9.17, 15) is 34.2 Å². The molecule has 0 saturated carbocycles. The summed E-state index contributed by atoms with van der Waals surface area (Å²) in [5.41, 5.74) is 6.42. The van der Waals surface area contributed by atoms with Gasteiger partial charge in [0.15, 0.2) is 13.2 Å². The molecular formula is C48H47N5O9. The molecule has 0 atom stereocenters. The summed E-state index contributed by atoms with van der Waals surface area (Å²) in [6.45, 7) is 1.93. The molecule has 0 spiro atoms. The average Bonchev–Trinajstić information content (AvgIpc) is 3.49. The average molecular weight is 838 g/mol. The standard InChI is InChI=1S/C48H47N5O9/c1-2-53-47(59)38-16-15-37(25-39(38)48(53)60)51-40(54)26-52-19-17-49-41(55)27-61-45-33-11-5-13-35(45)23-31-9-4-10-32(44(31)58)24-36-14-6-12-34(46(36)62-28-42(56)50-18-20-52)22-30-8-3-7-29(21-33)43(30)57/h3-16,25,57-58H,2,17-24,26-28H2,1H3,(H,49,55)(H,50,56)(H,51,54). The molecule has 0 aromatic heterocycles. The number of phenols is 2. The quantitative estimate of drug-likeness (QED) is 0.126. The number of nitrogens with zero attached hydrogens (tertiary/aromatic N) is 2. The molecule has 62 heavy (non-hydrogen) atoms. The van der Waals surface area contributed by atoms with Crippen molar-refractivity contribution in [2.75, 3.05) is 57.8 Å². The zero-order valence-electron chi connectivity index (χ0n) is 34.3. The minimum Gasteiger partial charge on any atom is -0.507 e. The van der Waals surface area contributed by atoms with Gasteiger partial charge in [-0.25, -0.2) is 0 Å². The second-order valence-electron chi connectivity index (χ2n) is 15.6. The summed E-state index contributed by atoms with van der Waals surface area (Å²) >= 11 is 0. The summed E-state index contributed by atoms with van der Waals surface area (Å²) in [5, 5.41) is 31.9. The van der Waals surface area contributed by atoms with E-state index in [0.29, 0.717) is 39.4 Å². The van der Waals surface area contributed by atoms with Crippen LogP contribution in [0.5, 0.6) is 23.0 Å². The third-order valence-electron chi connectivity index (χ3n) is 11.4. The number of carbonyl (C=O) groups excluding carboxylic acids is 5. The van der Waals surface area contributed by atoms with E-state index >= 15 is 0 Å². The van der Waals surface area contributed by atoms with Gasteiger partial charge in [-0.2, -0.15) is 0 Å². The first-order valence-corrected chi connectivity index (χ1v) is 20.7. The van der Waals surface area contributed by atoms with Crippen molar-refractivity contribution < 1.29 is 43.7 Å². The Labute approximate surface area is 358 Å². The Balaban J connectivity index is 1.09. The minimum atomic E-state index is -0.418. The van der Waals surface area contributed by atoms with Crippen molar-refractivity contribution in [2.45, 2.75) is 32.6 Å². The topological polar surface area (TPSA) is 187 Å². The van der Waals surface area contributed by atoms with E-state index < -0.39 is 23.6 Å². The van der Waals surface area contributed by atoms with Gasteiger partial charge >= 0.3 is 0 Å². The zero-order valence-corrected chi connectivity index (χ0v) is 34.3. The molecule has 14 heteroatoms. The highest BCUT2D eigenvalue weighted by molar-refractivity contribution is 6.21. The van der Waals surface area contributed by atoms with E-state index in [2.05, 4.69) is 16.0 Å². The summed E-state index contributed by atoms with van der Waals surface area (Å²) in [6, 6.07) is 27.1. The Morgan fingerprint density at radius 3 is 1.47 bits per heavy atom. The molecule has 3 heterocycles. The van der Waals surface area contributed by atoms with Crippen molar-refractivity contribution in [1.82, 2.24) is 20.4 Å².